The van der Waals surface area contributed by atoms with E-state index in [1.807, 2.05) is 6.07 Å². The minimum absolute atomic E-state index is 0. The first-order valence-corrected chi connectivity index (χ1v) is 10.0. The summed E-state index contributed by atoms with van der Waals surface area (Å²) in [4.78, 5) is 0. The number of hydrogen-bond donors (Lipinski definition) is 0. The fourth-order valence-electron chi connectivity index (χ4n) is 3.31. The SMILES string of the molecule is CC1=CC(C)C(C)=C1.CCC1C=C(C)CCC1.CCc1ccccc1.O. The monoisotopic (exact) mass is 356 g/mol. The average Bonchev–Trinajstić information content (AvgIpc) is 2.92. The van der Waals surface area contributed by atoms with Gasteiger partial charge in [-0.05, 0) is 70.3 Å². The van der Waals surface area contributed by atoms with Gasteiger partial charge in [-0.25, -0.2) is 0 Å². The molecule has 0 aliphatic heterocycles. The second kappa shape index (κ2) is 13.6. The van der Waals surface area contributed by atoms with Crippen LogP contribution in [-0.2, 0) is 6.42 Å². The van der Waals surface area contributed by atoms with Gasteiger partial charge in [-0.1, -0.05) is 86.1 Å². The Hall–Kier alpha value is -1.60. The summed E-state index contributed by atoms with van der Waals surface area (Å²) in [5.41, 5.74) is 5.91. The summed E-state index contributed by atoms with van der Waals surface area (Å²) in [5, 5.41) is 0. The van der Waals surface area contributed by atoms with Crippen molar-refractivity contribution in [1.29, 1.82) is 0 Å². The molecule has 2 unspecified atom stereocenters. The van der Waals surface area contributed by atoms with Crippen LogP contribution >= 0.6 is 0 Å². The maximum absolute atomic E-state index is 2.45. The van der Waals surface area contributed by atoms with Gasteiger partial charge in [0.15, 0.2) is 0 Å². The van der Waals surface area contributed by atoms with Gasteiger partial charge >= 0.3 is 0 Å². The van der Waals surface area contributed by atoms with Gasteiger partial charge in [-0.2, -0.15) is 0 Å². The normalized spacial score (nSPS) is 20.9. The molecular weight excluding hydrogens is 316 g/mol. The van der Waals surface area contributed by atoms with Gasteiger partial charge in [0.05, 0.1) is 0 Å². The van der Waals surface area contributed by atoms with Crippen LogP contribution < -0.4 is 0 Å². The molecule has 0 bridgehead atoms. The maximum Gasteiger partial charge on any atom is -0.00455 e. The lowest BCUT2D eigenvalue weighted by atomic mass is 9.90. The molecule has 1 aromatic rings. The van der Waals surface area contributed by atoms with E-state index in [1.54, 1.807) is 5.57 Å². The fraction of sp³-hybridized carbons (Fsp3) is 0.520. The molecule has 146 valence electrons. The van der Waals surface area contributed by atoms with Crippen molar-refractivity contribution in [1.82, 2.24) is 0 Å². The number of benzene rings is 1. The summed E-state index contributed by atoms with van der Waals surface area (Å²) in [6.45, 7) is 13.2. The van der Waals surface area contributed by atoms with Crippen LogP contribution in [0, 0.1) is 11.8 Å². The number of rotatable bonds is 2. The summed E-state index contributed by atoms with van der Waals surface area (Å²) in [5.74, 6) is 1.59. The average molecular weight is 357 g/mol. The third-order valence-corrected chi connectivity index (χ3v) is 5.13. The molecular formula is C25H40O. The topological polar surface area (TPSA) is 31.5 Å². The highest BCUT2D eigenvalue weighted by atomic mass is 16.0. The van der Waals surface area contributed by atoms with Crippen LogP contribution in [0.25, 0.3) is 0 Å². The molecule has 0 spiro atoms. The third-order valence-electron chi connectivity index (χ3n) is 5.13. The highest BCUT2D eigenvalue weighted by molar-refractivity contribution is 5.32. The Morgan fingerprint density at radius 3 is 1.92 bits per heavy atom. The molecule has 0 fully saturated rings. The molecule has 1 nitrogen and oxygen atoms in total. The van der Waals surface area contributed by atoms with E-state index in [4.69, 9.17) is 0 Å². The molecule has 0 radical (unpaired) electrons. The van der Waals surface area contributed by atoms with Crippen molar-refractivity contribution in [2.75, 3.05) is 0 Å². The number of hydrogen-bond acceptors (Lipinski definition) is 0. The molecule has 3 rings (SSSR count). The number of allylic oxidation sites excluding steroid dienone is 6. The Balaban J connectivity index is 0.000000355. The van der Waals surface area contributed by atoms with E-state index in [0.29, 0.717) is 5.92 Å². The fourth-order valence-corrected chi connectivity index (χ4v) is 3.31. The standard InChI is InChI=1S/C9H16.C8H12.C8H10.H2O/c1-3-9-6-4-5-8(2)7-9;1-6-4-7(2)8(3)5-6;1-2-8-6-4-3-5-7-8;/h7,9H,3-6H2,1-2H3;4-5,7H,1-3H3;3-7H,2H2,1H3;1H2. The summed E-state index contributed by atoms with van der Waals surface area (Å²) in [7, 11) is 0. The quantitative estimate of drug-likeness (QED) is 0.506. The van der Waals surface area contributed by atoms with Gasteiger partial charge in [0.25, 0.3) is 0 Å². The Labute approximate surface area is 162 Å². The lowest BCUT2D eigenvalue weighted by Crippen LogP contribution is -2.01. The zero-order valence-corrected chi connectivity index (χ0v) is 17.8. The van der Waals surface area contributed by atoms with Crippen LogP contribution in [0.2, 0.25) is 0 Å². The highest BCUT2D eigenvalue weighted by Gasteiger charge is 2.08. The van der Waals surface area contributed by atoms with E-state index in [-0.39, 0.29) is 5.48 Å². The van der Waals surface area contributed by atoms with Crippen LogP contribution in [0.15, 0.2) is 65.3 Å². The van der Waals surface area contributed by atoms with Crippen LogP contribution in [0.3, 0.4) is 0 Å². The van der Waals surface area contributed by atoms with Gasteiger partial charge in [0, 0.05) is 0 Å². The first-order chi connectivity index (χ1) is 12.0. The van der Waals surface area contributed by atoms with Crippen LogP contribution in [0.4, 0.5) is 0 Å². The molecule has 26 heavy (non-hydrogen) atoms. The molecule has 2 N–H and O–H groups in total. The lowest BCUT2D eigenvalue weighted by molar-refractivity contribution is 0.515. The van der Waals surface area contributed by atoms with Gasteiger partial charge < -0.3 is 5.48 Å². The molecule has 1 heteroatoms. The van der Waals surface area contributed by atoms with E-state index in [0.717, 1.165) is 12.3 Å². The van der Waals surface area contributed by atoms with Crippen molar-refractivity contribution in [2.45, 2.75) is 73.6 Å². The van der Waals surface area contributed by atoms with Gasteiger partial charge in [0.1, 0.15) is 0 Å². The summed E-state index contributed by atoms with van der Waals surface area (Å²) >= 11 is 0. The Morgan fingerprint density at radius 1 is 0.962 bits per heavy atom. The van der Waals surface area contributed by atoms with Gasteiger partial charge in [-0.15, -0.1) is 0 Å². The predicted octanol–water partition coefficient (Wildman–Crippen LogP) is 7.10. The predicted molar refractivity (Wildman–Crippen MR) is 118 cm³/mol. The molecule has 0 aromatic heterocycles. The van der Waals surface area contributed by atoms with E-state index in [9.17, 15) is 0 Å². The molecule has 2 aliphatic carbocycles. The maximum atomic E-state index is 2.45. The minimum atomic E-state index is 0. The first kappa shape index (κ1) is 24.4. The van der Waals surface area contributed by atoms with E-state index in [1.165, 1.54) is 42.4 Å². The smallest absolute Gasteiger partial charge is 0.00455 e. The summed E-state index contributed by atoms with van der Waals surface area (Å²) in [6.07, 6.45) is 13.6. The largest absolute Gasteiger partial charge is 0.412 e. The summed E-state index contributed by atoms with van der Waals surface area (Å²) < 4.78 is 0. The van der Waals surface area contributed by atoms with Crippen molar-refractivity contribution in [3.8, 4) is 0 Å². The molecule has 1 aromatic carbocycles. The molecule has 2 atom stereocenters. The van der Waals surface area contributed by atoms with Crippen molar-refractivity contribution >= 4 is 0 Å². The van der Waals surface area contributed by atoms with Gasteiger partial charge in [-0.3, -0.25) is 0 Å². The first-order valence-electron chi connectivity index (χ1n) is 10.0. The van der Waals surface area contributed by atoms with Crippen molar-refractivity contribution in [3.05, 3.63) is 70.8 Å². The highest BCUT2D eigenvalue weighted by Crippen LogP contribution is 2.24. The zero-order valence-electron chi connectivity index (χ0n) is 17.8. The third kappa shape index (κ3) is 9.77. The van der Waals surface area contributed by atoms with Crippen molar-refractivity contribution < 1.29 is 5.48 Å². The van der Waals surface area contributed by atoms with Crippen molar-refractivity contribution in [3.63, 3.8) is 0 Å². The molecule has 0 saturated carbocycles. The molecule has 2 aliphatic rings. The van der Waals surface area contributed by atoms with E-state index >= 15 is 0 Å². The second-order valence-electron chi connectivity index (χ2n) is 7.50. The Morgan fingerprint density at radius 2 is 1.62 bits per heavy atom. The number of aryl methyl sites for hydroxylation is 1. The molecule has 0 heterocycles. The Kier molecular flexibility index (Phi) is 12.7. The molecule has 0 saturated heterocycles. The summed E-state index contributed by atoms with van der Waals surface area (Å²) in [6, 6.07) is 10.5. The minimum Gasteiger partial charge on any atom is -0.412 e. The van der Waals surface area contributed by atoms with Crippen LogP contribution in [0.5, 0.6) is 0 Å². The van der Waals surface area contributed by atoms with E-state index in [2.05, 4.69) is 84.0 Å². The van der Waals surface area contributed by atoms with Crippen molar-refractivity contribution in [2.24, 2.45) is 11.8 Å². The zero-order chi connectivity index (χ0) is 18.7. The second-order valence-corrected chi connectivity index (χ2v) is 7.50. The lowest BCUT2D eigenvalue weighted by Gasteiger charge is -2.16. The van der Waals surface area contributed by atoms with Crippen LogP contribution in [0.1, 0.15) is 72.8 Å². The van der Waals surface area contributed by atoms with Gasteiger partial charge in [0.2, 0.25) is 0 Å². The van der Waals surface area contributed by atoms with Crippen LogP contribution in [-0.4, -0.2) is 5.48 Å². The van der Waals surface area contributed by atoms with E-state index < -0.39 is 0 Å². The Bertz CT molecular complexity index is 577. The molecule has 0 amide bonds.